The third-order valence-electron chi connectivity index (χ3n) is 2.00. The van der Waals surface area contributed by atoms with E-state index in [1.807, 2.05) is 25.4 Å². The second-order valence-electron chi connectivity index (χ2n) is 2.97. The first-order valence-corrected chi connectivity index (χ1v) is 4.59. The molecule has 0 aliphatic rings. The quantitative estimate of drug-likeness (QED) is 0.541. The van der Waals surface area contributed by atoms with E-state index in [4.69, 9.17) is 0 Å². The van der Waals surface area contributed by atoms with Crippen molar-refractivity contribution < 1.29 is 0 Å². The average molecular weight is 192 g/mol. The first kappa shape index (κ1) is 10.5. The van der Waals surface area contributed by atoms with Crippen LogP contribution in [0.15, 0.2) is 29.5 Å². The molecule has 0 aromatic carbocycles. The first-order valence-electron chi connectivity index (χ1n) is 4.59. The predicted molar refractivity (Wildman–Crippen MR) is 58.2 cm³/mol. The van der Waals surface area contributed by atoms with Gasteiger partial charge in [0.15, 0.2) is 5.96 Å². The molecule has 0 bridgehead atoms. The van der Waals surface area contributed by atoms with Crippen molar-refractivity contribution in [3.05, 3.63) is 30.1 Å². The van der Waals surface area contributed by atoms with Gasteiger partial charge in [0.25, 0.3) is 0 Å². The largest absolute Gasteiger partial charge is 0.359 e. The Bertz CT molecular complexity index is 294. The Morgan fingerprint density at radius 1 is 1.57 bits per heavy atom. The molecule has 1 heterocycles. The lowest BCUT2D eigenvalue weighted by atomic mass is 10.1. The zero-order chi connectivity index (χ0) is 10.4. The van der Waals surface area contributed by atoms with Crippen LogP contribution in [0.4, 0.5) is 0 Å². The smallest absolute Gasteiger partial charge is 0.191 e. The second kappa shape index (κ2) is 5.21. The van der Waals surface area contributed by atoms with Gasteiger partial charge < -0.3 is 10.6 Å². The molecule has 0 saturated carbocycles. The molecule has 1 unspecified atom stereocenters. The van der Waals surface area contributed by atoms with Gasteiger partial charge in [-0.25, -0.2) is 0 Å². The maximum absolute atomic E-state index is 4.06. The number of hydrogen-bond acceptors (Lipinski definition) is 2. The number of aliphatic imine (C=N–C) groups is 1. The first-order chi connectivity index (χ1) is 6.77. The van der Waals surface area contributed by atoms with E-state index >= 15 is 0 Å². The zero-order valence-corrected chi connectivity index (χ0v) is 8.78. The highest BCUT2D eigenvalue weighted by molar-refractivity contribution is 5.79. The Hall–Kier alpha value is -1.58. The van der Waals surface area contributed by atoms with Crippen molar-refractivity contribution in [3.8, 4) is 0 Å². The van der Waals surface area contributed by atoms with E-state index in [0.29, 0.717) is 0 Å². The fourth-order valence-electron chi connectivity index (χ4n) is 1.17. The van der Waals surface area contributed by atoms with Crippen molar-refractivity contribution in [2.24, 2.45) is 4.99 Å². The van der Waals surface area contributed by atoms with Gasteiger partial charge in [0.05, 0.1) is 6.04 Å². The summed E-state index contributed by atoms with van der Waals surface area (Å²) in [6.07, 6.45) is 3.61. The molecule has 1 atom stereocenters. The van der Waals surface area contributed by atoms with Gasteiger partial charge in [-0.3, -0.25) is 9.98 Å². The molecular weight excluding hydrogens is 176 g/mol. The van der Waals surface area contributed by atoms with E-state index in [0.717, 1.165) is 11.5 Å². The minimum absolute atomic E-state index is 0.204. The van der Waals surface area contributed by atoms with Gasteiger partial charge in [0.1, 0.15) is 0 Å². The molecule has 0 aliphatic carbocycles. The lowest BCUT2D eigenvalue weighted by molar-refractivity contribution is 0.695. The van der Waals surface area contributed by atoms with E-state index in [-0.39, 0.29) is 6.04 Å². The van der Waals surface area contributed by atoms with Gasteiger partial charge in [-0.2, -0.15) is 0 Å². The van der Waals surface area contributed by atoms with E-state index < -0.39 is 0 Å². The molecule has 76 valence electrons. The van der Waals surface area contributed by atoms with Crippen LogP contribution in [0.25, 0.3) is 0 Å². The molecule has 4 nitrogen and oxygen atoms in total. The van der Waals surface area contributed by atoms with E-state index in [1.54, 1.807) is 13.2 Å². The van der Waals surface area contributed by atoms with Crippen LogP contribution in [-0.4, -0.2) is 25.0 Å². The molecule has 2 N–H and O–H groups in total. The maximum atomic E-state index is 4.06. The maximum Gasteiger partial charge on any atom is 0.191 e. The number of pyridine rings is 1. The highest BCUT2D eigenvalue weighted by atomic mass is 15.2. The predicted octanol–water partition coefficient (Wildman–Crippen LogP) is 0.937. The standard InChI is InChI=1S/C10H16N4/c1-8(14-10(11-2)12-3)9-5-4-6-13-7-9/h4-8H,1-3H3,(H2,11,12,14). The van der Waals surface area contributed by atoms with Crippen LogP contribution in [0, 0.1) is 0 Å². The Morgan fingerprint density at radius 3 is 2.86 bits per heavy atom. The van der Waals surface area contributed by atoms with Crippen LogP contribution < -0.4 is 10.6 Å². The zero-order valence-electron chi connectivity index (χ0n) is 8.78. The summed E-state index contributed by atoms with van der Waals surface area (Å²) in [4.78, 5) is 8.11. The monoisotopic (exact) mass is 192 g/mol. The lowest BCUT2D eigenvalue weighted by Crippen LogP contribution is -2.36. The van der Waals surface area contributed by atoms with Crippen LogP contribution in [0.5, 0.6) is 0 Å². The van der Waals surface area contributed by atoms with Gasteiger partial charge >= 0.3 is 0 Å². The van der Waals surface area contributed by atoms with E-state index in [9.17, 15) is 0 Å². The summed E-state index contributed by atoms with van der Waals surface area (Å²) in [6, 6.07) is 4.17. The SMILES string of the molecule is CN=C(NC)NC(C)c1cccnc1. The topological polar surface area (TPSA) is 49.3 Å². The lowest BCUT2D eigenvalue weighted by Gasteiger charge is -2.15. The highest BCUT2D eigenvalue weighted by Crippen LogP contribution is 2.08. The molecule has 0 amide bonds. The number of hydrogen-bond donors (Lipinski definition) is 2. The van der Waals surface area contributed by atoms with Gasteiger partial charge in [-0.15, -0.1) is 0 Å². The minimum Gasteiger partial charge on any atom is -0.359 e. The average Bonchev–Trinajstić information content (AvgIpc) is 2.26. The molecule has 14 heavy (non-hydrogen) atoms. The Balaban J connectivity index is 2.63. The summed E-state index contributed by atoms with van der Waals surface area (Å²) < 4.78 is 0. The van der Waals surface area contributed by atoms with Gasteiger partial charge in [0.2, 0.25) is 0 Å². The summed E-state index contributed by atoms with van der Waals surface area (Å²) in [5.74, 6) is 0.779. The van der Waals surface area contributed by atoms with Crippen molar-refractivity contribution >= 4 is 5.96 Å². The third kappa shape index (κ3) is 2.73. The number of rotatable bonds is 2. The number of guanidine groups is 1. The molecule has 1 aromatic heterocycles. The fourth-order valence-corrected chi connectivity index (χ4v) is 1.17. The second-order valence-corrected chi connectivity index (χ2v) is 2.97. The van der Waals surface area contributed by atoms with E-state index in [2.05, 4.69) is 27.5 Å². The number of nitrogens with one attached hydrogen (secondary N) is 2. The van der Waals surface area contributed by atoms with Crippen molar-refractivity contribution in [2.45, 2.75) is 13.0 Å². The van der Waals surface area contributed by atoms with Crippen molar-refractivity contribution in [1.82, 2.24) is 15.6 Å². The summed E-state index contributed by atoms with van der Waals surface area (Å²) >= 11 is 0. The molecule has 1 aromatic rings. The molecule has 0 radical (unpaired) electrons. The van der Waals surface area contributed by atoms with Crippen molar-refractivity contribution in [2.75, 3.05) is 14.1 Å². The highest BCUT2D eigenvalue weighted by Gasteiger charge is 2.05. The van der Waals surface area contributed by atoms with Gasteiger partial charge in [-0.05, 0) is 18.6 Å². The molecule has 0 fully saturated rings. The molecule has 0 spiro atoms. The Morgan fingerprint density at radius 2 is 2.36 bits per heavy atom. The Kier molecular flexibility index (Phi) is 3.91. The molecule has 4 heteroatoms. The minimum atomic E-state index is 0.204. The Labute approximate surface area is 84.5 Å². The summed E-state index contributed by atoms with van der Waals surface area (Å²) in [5.41, 5.74) is 1.14. The number of aromatic nitrogens is 1. The molecule has 1 rings (SSSR count). The molecule has 0 saturated heterocycles. The van der Waals surface area contributed by atoms with Crippen LogP contribution in [0.3, 0.4) is 0 Å². The van der Waals surface area contributed by atoms with Crippen LogP contribution >= 0.6 is 0 Å². The fraction of sp³-hybridized carbons (Fsp3) is 0.400. The summed E-state index contributed by atoms with van der Waals surface area (Å²) in [7, 11) is 3.58. The third-order valence-corrected chi connectivity index (χ3v) is 2.00. The van der Waals surface area contributed by atoms with Crippen LogP contribution in [0.2, 0.25) is 0 Å². The van der Waals surface area contributed by atoms with Gasteiger partial charge in [-0.1, -0.05) is 6.07 Å². The normalized spacial score (nSPS) is 13.5. The summed E-state index contributed by atoms with van der Waals surface area (Å²) in [6.45, 7) is 2.07. The summed E-state index contributed by atoms with van der Waals surface area (Å²) in [5, 5.41) is 6.20. The van der Waals surface area contributed by atoms with Gasteiger partial charge in [0, 0.05) is 26.5 Å². The molecular formula is C10H16N4. The van der Waals surface area contributed by atoms with Crippen molar-refractivity contribution in [1.29, 1.82) is 0 Å². The van der Waals surface area contributed by atoms with Crippen LogP contribution in [0.1, 0.15) is 18.5 Å². The van der Waals surface area contributed by atoms with Crippen LogP contribution in [-0.2, 0) is 0 Å². The van der Waals surface area contributed by atoms with Crippen molar-refractivity contribution in [3.63, 3.8) is 0 Å². The van der Waals surface area contributed by atoms with E-state index in [1.165, 1.54) is 0 Å². The molecule has 0 aliphatic heterocycles. The number of nitrogens with zero attached hydrogens (tertiary/aromatic N) is 2.